The van der Waals surface area contributed by atoms with Gasteiger partial charge < -0.3 is 10.2 Å². The molecule has 0 atom stereocenters. The summed E-state index contributed by atoms with van der Waals surface area (Å²) < 4.78 is 0. The molecule has 3 nitrogen and oxygen atoms in total. The maximum atomic E-state index is 10.6. The van der Waals surface area contributed by atoms with Gasteiger partial charge in [0, 0.05) is 6.42 Å². The molecule has 0 fully saturated rings. The van der Waals surface area contributed by atoms with E-state index in [1.54, 1.807) is 12.1 Å². The number of carbonyl (C=O) groups is 1. The molecule has 0 heterocycles. The van der Waals surface area contributed by atoms with Gasteiger partial charge in [0.2, 0.25) is 0 Å². The van der Waals surface area contributed by atoms with Crippen LogP contribution in [0.25, 0.3) is 0 Å². The number of rotatable bonds is 2. The summed E-state index contributed by atoms with van der Waals surface area (Å²) in [6, 6.07) is 6.98. The number of hydrogen-bond donors (Lipinski definition) is 1. The molecular formula is C11H15NaO3. The summed E-state index contributed by atoms with van der Waals surface area (Å²) in [5.74, 6) is -0.593. The molecule has 0 aliphatic heterocycles. The third kappa shape index (κ3) is 9.79. The molecule has 1 rings (SSSR count). The maximum absolute atomic E-state index is 10.6. The van der Waals surface area contributed by atoms with Crippen LogP contribution >= 0.6 is 0 Å². The number of benzene rings is 1. The van der Waals surface area contributed by atoms with Gasteiger partial charge in [0.1, 0.15) is 0 Å². The summed E-state index contributed by atoms with van der Waals surface area (Å²) in [4.78, 5) is 9.60. The predicted molar refractivity (Wildman–Crippen MR) is 53.2 cm³/mol. The van der Waals surface area contributed by atoms with E-state index < -0.39 is 5.97 Å². The molecule has 0 saturated carbocycles. The fraction of sp³-hybridized carbons (Fsp3) is 0.364. The topological polar surface area (TPSA) is 60.4 Å². The Kier molecular flexibility index (Phi) is 11.3. The molecule has 0 radical (unpaired) electrons. The third-order valence-corrected chi connectivity index (χ3v) is 1.56. The zero-order valence-corrected chi connectivity index (χ0v) is 11.5. The fourth-order valence-corrected chi connectivity index (χ4v) is 0.770. The van der Waals surface area contributed by atoms with E-state index in [-0.39, 0.29) is 35.3 Å². The summed E-state index contributed by atoms with van der Waals surface area (Å²) in [7, 11) is 0. The van der Waals surface area contributed by atoms with Crippen molar-refractivity contribution in [3.8, 4) is 5.75 Å². The van der Waals surface area contributed by atoms with E-state index >= 15 is 0 Å². The number of aryl methyl sites for hydroxylation is 1. The second-order valence-corrected chi connectivity index (χ2v) is 2.91. The number of carboxylic acid groups (broad SMARTS) is 1. The van der Waals surface area contributed by atoms with Crippen LogP contribution in [-0.4, -0.2) is 11.1 Å². The van der Waals surface area contributed by atoms with Crippen LogP contribution in [-0.2, 0) is 4.79 Å². The predicted octanol–water partition coefficient (Wildman–Crippen LogP) is -1.06. The second kappa shape index (κ2) is 10.0. The Bertz CT molecular complexity index is 266. The van der Waals surface area contributed by atoms with Gasteiger partial charge in [-0.25, -0.2) is 0 Å². The minimum absolute atomic E-state index is 0. The fourth-order valence-electron chi connectivity index (χ4n) is 0.770. The summed E-state index contributed by atoms with van der Waals surface area (Å²) in [5, 5.41) is 18.5. The molecule has 0 saturated heterocycles. The molecule has 1 aromatic carbocycles. The van der Waals surface area contributed by atoms with Gasteiger partial charge in [-0.05, 0) is 13.3 Å². The van der Waals surface area contributed by atoms with Crippen molar-refractivity contribution in [3.05, 3.63) is 29.8 Å². The Morgan fingerprint density at radius 1 is 1.40 bits per heavy atom. The van der Waals surface area contributed by atoms with Crippen molar-refractivity contribution in [2.24, 2.45) is 0 Å². The van der Waals surface area contributed by atoms with Crippen LogP contribution in [0, 0.1) is 6.92 Å². The smallest absolute Gasteiger partial charge is 0.872 e. The standard InChI is InChI=1S/C7H8O.C4H8O2.Na/c1-6-4-2-3-5-7(6)8;1-2-3-4(5)6;/h2-5,8H,1H3;2-3H2,1H3,(H,5,6);/q;;+1/p-1. The van der Waals surface area contributed by atoms with E-state index in [0.29, 0.717) is 6.42 Å². The average molecular weight is 218 g/mol. The van der Waals surface area contributed by atoms with Gasteiger partial charge in [-0.2, -0.15) is 0 Å². The maximum Gasteiger partial charge on any atom is 1.00 e. The first kappa shape index (κ1) is 16.9. The Balaban J connectivity index is 0. The zero-order valence-electron chi connectivity index (χ0n) is 9.49. The van der Waals surface area contributed by atoms with Crippen molar-refractivity contribution in [2.45, 2.75) is 26.7 Å². The summed E-state index contributed by atoms with van der Waals surface area (Å²) in [6.07, 6.45) is 1.02. The Labute approximate surface area is 112 Å². The number of aliphatic carboxylic acids is 1. The van der Waals surface area contributed by atoms with Crippen LogP contribution in [0.3, 0.4) is 0 Å². The molecule has 15 heavy (non-hydrogen) atoms. The first-order valence-corrected chi connectivity index (χ1v) is 4.52. The SMILES string of the molecule is CCCC(=O)O.Cc1ccccc1[O-].[Na+]. The van der Waals surface area contributed by atoms with E-state index in [9.17, 15) is 9.90 Å². The van der Waals surface area contributed by atoms with Crippen molar-refractivity contribution >= 4 is 5.97 Å². The number of hydrogen-bond acceptors (Lipinski definition) is 2. The van der Waals surface area contributed by atoms with Crippen LogP contribution in [0.5, 0.6) is 5.75 Å². The van der Waals surface area contributed by atoms with Gasteiger partial charge in [-0.1, -0.05) is 36.8 Å². The minimum atomic E-state index is -0.711. The molecule has 0 aromatic heterocycles. The molecule has 0 aliphatic carbocycles. The summed E-state index contributed by atoms with van der Waals surface area (Å²) in [6.45, 7) is 3.65. The Morgan fingerprint density at radius 2 is 1.93 bits per heavy atom. The Morgan fingerprint density at radius 3 is 2.13 bits per heavy atom. The third-order valence-electron chi connectivity index (χ3n) is 1.56. The molecule has 1 aromatic rings. The van der Waals surface area contributed by atoms with Gasteiger partial charge in [-0.15, -0.1) is 5.75 Å². The van der Waals surface area contributed by atoms with Crippen LogP contribution in [0.4, 0.5) is 0 Å². The molecule has 0 aliphatic rings. The van der Waals surface area contributed by atoms with Crippen molar-refractivity contribution in [1.29, 1.82) is 0 Å². The summed E-state index contributed by atoms with van der Waals surface area (Å²) >= 11 is 0. The number of para-hydroxylation sites is 1. The van der Waals surface area contributed by atoms with Crippen molar-refractivity contribution in [2.75, 3.05) is 0 Å². The molecule has 78 valence electrons. The van der Waals surface area contributed by atoms with Crippen LogP contribution in [0.15, 0.2) is 24.3 Å². The second-order valence-electron chi connectivity index (χ2n) is 2.91. The van der Waals surface area contributed by atoms with E-state index in [2.05, 4.69) is 0 Å². The monoisotopic (exact) mass is 218 g/mol. The van der Waals surface area contributed by atoms with Crippen molar-refractivity contribution in [1.82, 2.24) is 0 Å². The average Bonchev–Trinajstić information content (AvgIpc) is 2.11. The molecule has 1 N–H and O–H groups in total. The van der Waals surface area contributed by atoms with Crippen LogP contribution in [0.1, 0.15) is 25.3 Å². The first-order chi connectivity index (χ1) is 6.57. The van der Waals surface area contributed by atoms with Crippen LogP contribution < -0.4 is 34.7 Å². The van der Waals surface area contributed by atoms with Gasteiger partial charge in [0.05, 0.1) is 0 Å². The van der Waals surface area contributed by atoms with Crippen molar-refractivity contribution in [3.63, 3.8) is 0 Å². The molecule has 0 amide bonds. The quantitative estimate of drug-likeness (QED) is 0.644. The molecular weight excluding hydrogens is 203 g/mol. The molecule has 0 unspecified atom stereocenters. The van der Waals surface area contributed by atoms with Crippen molar-refractivity contribution < 1.29 is 44.6 Å². The first-order valence-electron chi connectivity index (χ1n) is 4.52. The van der Waals surface area contributed by atoms with E-state index in [4.69, 9.17) is 5.11 Å². The molecule has 0 spiro atoms. The molecule has 0 bridgehead atoms. The Hall–Kier alpha value is -0.510. The van der Waals surface area contributed by atoms with Gasteiger partial charge in [0.25, 0.3) is 0 Å². The van der Waals surface area contributed by atoms with Gasteiger partial charge in [-0.3, -0.25) is 4.79 Å². The van der Waals surface area contributed by atoms with Crippen LogP contribution in [0.2, 0.25) is 0 Å². The minimum Gasteiger partial charge on any atom is -0.872 e. The van der Waals surface area contributed by atoms with Gasteiger partial charge in [0.15, 0.2) is 0 Å². The van der Waals surface area contributed by atoms with E-state index in [0.717, 1.165) is 12.0 Å². The normalized spacial score (nSPS) is 8.13. The van der Waals surface area contributed by atoms with E-state index in [1.165, 1.54) is 0 Å². The van der Waals surface area contributed by atoms with E-state index in [1.807, 2.05) is 26.0 Å². The molecule has 4 heteroatoms. The zero-order chi connectivity index (χ0) is 11.0. The summed E-state index contributed by atoms with van der Waals surface area (Å²) in [5.41, 5.74) is 0.813. The largest absolute Gasteiger partial charge is 1.00 e. The van der Waals surface area contributed by atoms with Gasteiger partial charge >= 0.3 is 35.5 Å². The number of carboxylic acids is 1.